The molecule has 2 rings (SSSR count). The molecule has 0 amide bonds. The van der Waals surface area contributed by atoms with Crippen LogP contribution in [0, 0.1) is 0 Å². The topological polar surface area (TPSA) is 82.6 Å². The lowest BCUT2D eigenvalue weighted by Gasteiger charge is -2.17. The van der Waals surface area contributed by atoms with Crippen molar-refractivity contribution in [2.24, 2.45) is 4.99 Å². The van der Waals surface area contributed by atoms with Gasteiger partial charge in [0.25, 0.3) is 0 Å². The first-order valence-corrected chi connectivity index (χ1v) is 9.12. The molecule has 1 aliphatic rings. The van der Waals surface area contributed by atoms with E-state index in [4.69, 9.17) is 0 Å². The van der Waals surface area contributed by atoms with Gasteiger partial charge in [0.1, 0.15) is 0 Å². The van der Waals surface area contributed by atoms with Crippen LogP contribution in [-0.2, 0) is 10.0 Å². The highest BCUT2D eigenvalue weighted by atomic mass is 127. The number of nitrogens with zero attached hydrogens (tertiary/aromatic N) is 1. The van der Waals surface area contributed by atoms with Gasteiger partial charge < -0.3 is 10.6 Å². The standard InChI is InChI=1S/C15H24N4O2S.HI/c1-16-15(19-13-7-5-6-8-13)17-11-12-18-22(20,21)14-9-3-2-4-10-14;/h2-4,9-10,13,18H,5-8,11-12H2,1H3,(H2,16,17,19);1H. The normalized spacial score (nSPS) is 16.0. The molecule has 1 aromatic carbocycles. The molecule has 8 heteroatoms. The summed E-state index contributed by atoms with van der Waals surface area (Å²) in [6.45, 7) is 0.793. The van der Waals surface area contributed by atoms with Crippen LogP contribution >= 0.6 is 24.0 Å². The maximum absolute atomic E-state index is 12.0. The van der Waals surface area contributed by atoms with Crippen molar-refractivity contribution in [1.82, 2.24) is 15.4 Å². The number of hydrogen-bond acceptors (Lipinski definition) is 3. The lowest BCUT2D eigenvalue weighted by molar-refractivity contribution is 0.578. The lowest BCUT2D eigenvalue weighted by atomic mass is 10.2. The zero-order chi connectivity index (χ0) is 15.8. The minimum Gasteiger partial charge on any atom is -0.355 e. The highest BCUT2D eigenvalue weighted by Gasteiger charge is 2.16. The Morgan fingerprint density at radius 1 is 1.17 bits per heavy atom. The summed E-state index contributed by atoms with van der Waals surface area (Å²) >= 11 is 0. The van der Waals surface area contributed by atoms with Crippen LogP contribution in [0.2, 0.25) is 0 Å². The largest absolute Gasteiger partial charge is 0.355 e. The van der Waals surface area contributed by atoms with E-state index < -0.39 is 10.0 Å². The lowest BCUT2D eigenvalue weighted by Crippen LogP contribution is -2.44. The van der Waals surface area contributed by atoms with E-state index in [9.17, 15) is 8.42 Å². The van der Waals surface area contributed by atoms with Crippen LogP contribution in [0.25, 0.3) is 0 Å². The molecule has 0 spiro atoms. The molecule has 6 nitrogen and oxygen atoms in total. The number of aliphatic imine (C=N–C) groups is 1. The van der Waals surface area contributed by atoms with Gasteiger partial charge in [-0.2, -0.15) is 0 Å². The van der Waals surface area contributed by atoms with E-state index >= 15 is 0 Å². The van der Waals surface area contributed by atoms with Gasteiger partial charge in [-0.15, -0.1) is 24.0 Å². The van der Waals surface area contributed by atoms with E-state index in [-0.39, 0.29) is 28.9 Å². The second kappa shape index (κ2) is 10.1. The highest BCUT2D eigenvalue weighted by molar-refractivity contribution is 14.0. The average Bonchev–Trinajstić information content (AvgIpc) is 3.04. The molecule has 0 unspecified atom stereocenters. The quantitative estimate of drug-likeness (QED) is 0.266. The molecule has 0 heterocycles. The third kappa shape index (κ3) is 6.64. The number of guanidine groups is 1. The maximum atomic E-state index is 12.0. The smallest absolute Gasteiger partial charge is 0.240 e. The van der Waals surface area contributed by atoms with Gasteiger partial charge in [-0.1, -0.05) is 31.0 Å². The van der Waals surface area contributed by atoms with Crippen LogP contribution in [0.5, 0.6) is 0 Å². The fraction of sp³-hybridized carbons (Fsp3) is 0.533. The molecule has 130 valence electrons. The first kappa shape index (κ1) is 20.2. The first-order valence-electron chi connectivity index (χ1n) is 7.64. The predicted octanol–water partition coefficient (Wildman–Crippen LogP) is 1.69. The van der Waals surface area contributed by atoms with Gasteiger partial charge in [0.05, 0.1) is 4.90 Å². The number of nitrogens with one attached hydrogen (secondary N) is 3. The number of halogens is 1. The molecular formula is C15H25IN4O2S. The molecule has 23 heavy (non-hydrogen) atoms. The minimum absolute atomic E-state index is 0. The molecule has 0 atom stereocenters. The fourth-order valence-electron chi connectivity index (χ4n) is 2.51. The van der Waals surface area contributed by atoms with Crippen molar-refractivity contribution < 1.29 is 8.42 Å². The molecule has 1 fully saturated rings. The molecular weight excluding hydrogens is 427 g/mol. The number of benzene rings is 1. The Labute approximate surface area is 155 Å². The van der Waals surface area contributed by atoms with Crippen molar-refractivity contribution in [3.8, 4) is 0 Å². The van der Waals surface area contributed by atoms with Crippen LogP contribution < -0.4 is 15.4 Å². The van der Waals surface area contributed by atoms with Gasteiger partial charge in [0.15, 0.2) is 5.96 Å². The van der Waals surface area contributed by atoms with Gasteiger partial charge in [-0.25, -0.2) is 13.1 Å². The third-order valence-corrected chi connectivity index (χ3v) is 5.16. The van der Waals surface area contributed by atoms with Gasteiger partial charge in [-0.05, 0) is 25.0 Å². The summed E-state index contributed by atoms with van der Waals surface area (Å²) < 4.78 is 26.7. The summed E-state index contributed by atoms with van der Waals surface area (Å²) in [5, 5.41) is 6.49. The Bertz CT molecular complexity index is 587. The summed E-state index contributed by atoms with van der Waals surface area (Å²) in [6.07, 6.45) is 4.85. The van der Waals surface area contributed by atoms with E-state index in [1.165, 1.54) is 25.7 Å². The predicted molar refractivity (Wildman–Crippen MR) is 104 cm³/mol. The summed E-state index contributed by atoms with van der Waals surface area (Å²) in [4.78, 5) is 4.44. The van der Waals surface area contributed by atoms with E-state index in [1.54, 1.807) is 37.4 Å². The number of rotatable bonds is 6. The van der Waals surface area contributed by atoms with Crippen molar-refractivity contribution in [3.05, 3.63) is 30.3 Å². The highest BCUT2D eigenvalue weighted by Crippen LogP contribution is 2.17. The number of hydrogen-bond donors (Lipinski definition) is 3. The molecule has 0 aromatic heterocycles. The van der Waals surface area contributed by atoms with E-state index in [1.807, 2.05) is 0 Å². The van der Waals surface area contributed by atoms with E-state index in [2.05, 4.69) is 20.3 Å². The van der Waals surface area contributed by atoms with Crippen molar-refractivity contribution in [3.63, 3.8) is 0 Å². The Kier molecular flexibility index (Phi) is 8.85. The summed E-state index contributed by atoms with van der Waals surface area (Å²) in [6, 6.07) is 8.85. The van der Waals surface area contributed by atoms with Crippen molar-refractivity contribution in [2.45, 2.75) is 36.6 Å². The Morgan fingerprint density at radius 3 is 2.43 bits per heavy atom. The van der Waals surface area contributed by atoms with Crippen LogP contribution in [0.3, 0.4) is 0 Å². The second-order valence-corrected chi connectivity index (χ2v) is 7.10. The zero-order valence-electron chi connectivity index (χ0n) is 13.3. The molecule has 1 saturated carbocycles. The monoisotopic (exact) mass is 452 g/mol. The van der Waals surface area contributed by atoms with Gasteiger partial charge in [0.2, 0.25) is 10.0 Å². The molecule has 1 aliphatic carbocycles. The van der Waals surface area contributed by atoms with Crippen molar-refractivity contribution >= 4 is 40.0 Å². The first-order chi connectivity index (χ1) is 10.6. The van der Waals surface area contributed by atoms with E-state index in [0.717, 1.165) is 5.96 Å². The maximum Gasteiger partial charge on any atom is 0.240 e. The van der Waals surface area contributed by atoms with Crippen LogP contribution in [0.4, 0.5) is 0 Å². The summed E-state index contributed by atoms with van der Waals surface area (Å²) in [7, 11) is -1.72. The van der Waals surface area contributed by atoms with Crippen molar-refractivity contribution in [1.29, 1.82) is 0 Å². The molecule has 1 aromatic rings. The average molecular weight is 452 g/mol. The van der Waals surface area contributed by atoms with Gasteiger partial charge in [0, 0.05) is 26.2 Å². The third-order valence-electron chi connectivity index (χ3n) is 3.68. The summed E-state index contributed by atoms with van der Waals surface area (Å²) in [5.41, 5.74) is 0. The molecule has 0 radical (unpaired) electrons. The van der Waals surface area contributed by atoms with E-state index in [0.29, 0.717) is 19.1 Å². The Balaban J connectivity index is 0.00000264. The van der Waals surface area contributed by atoms with Gasteiger partial charge in [-0.3, -0.25) is 4.99 Å². The SMILES string of the molecule is CN=C(NCCNS(=O)(=O)c1ccccc1)NC1CCCC1.I. The summed E-state index contributed by atoms with van der Waals surface area (Å²) in [5.74, 6) is 0.728. The minimum atomic E-state index is -3.44. The Morgan fingerprint density at radius 2 is 1.83 bits per heavy atom. The van der Waals surface area contributed by atoms with Crippen LogP contribution in [-0.4, -0.2) is 40.6 Å². The molecule has 3 N–H and O–H groups in total. The van der Waals surface area contributed by atoms with Crippen molar-refractivity contribution in [2.75, 3.05) is 20.1 Å². The Hall–Kier alpha value is -0.870. The number of sulfonamides is 1. The molecule has 0 aliphatic heterocycles. The molecule has 0 bridgehead atoms. The second-order valence-electron chi connectivity index (χ2n) is 5.34. The van der Waals surface area contributed by atoms with Crippen LogP contribution in [0.15, 0.2) is 40.2 Å². The zero-order valence-corrected chi connectivity index (χ0v) is 16.4. The molecule has 0 saturated heterocycles. The van der Waals surface area contributed by atoms with Crippen LogP contribution in [0.1, 0.15) is 25.7 Å². The fourth-order valence-corrected chi connectivity index (χ4v) is 3.56. The van der Waals surface area contributed by atoms with Gasteiger partial charge >= 0.3 is 0 Å².